The standard InChI is InChI=1S/C16H15N3O3S2/c1-10-3-5-11(6-4-10)15(20)19-16-18-13-8-7-12(9-14(13)23-16)24(21,22)17-2/h3-9,17H,1-2H3,(H,18,19,20). The van der Waals surface area contributed by atoms with E-state index in [0.717, 1.165) is 5.56 Å². The second kappa shape index (κ2) is 6.31. The quantitative estimate of drug-likeness (QED) is 0.748. The van der Waals surface area contributed by atoms with Crippen molar-refractivity contribution in [1.29, 1.82) is 0 Å². The minimum atomic E-state index is -3.51. The molecule has 8 heteroatoms. The van der Waals surface area contributed by atoms with Crippen molar-refractivity contribution in [3.63, 3.8) is 0 Å². The van der Waals surface area contributed by atoms with Crippen LogP contribution in [0.4, 0.5) is 5.13 Å². The van der Waals surface area contributed by atoms with Gasteiger partial charge in [0.05, 0.1) is 15.1 Å². The Labute approximate surface area is 143 Å². The molecule has 2 aromatic carbocycles. The highest BCUT2D eigenvalue weighted by Gasteiger charge is 2.14. The number of anilines is 1. The maximum atomic E-state index is 12.2. The Morgan fingerprint density at radius 2 is 1.83 bits per heavy atom. The van der Waals surface area contributed by atoms with E-state index in [2.05, 4.69) is 15.0 Å². The molecule has 0 bridgehead atoms. The fourth-order valence-corrected chi connectivity index (χ4v) is 3.85. The third kappa shape index (κ3) is 3.30. The van der Waals surface area contributed by atoms with Crippen molar-refractivity contribution < 1.29 is 13.2 Å². The summed E-state index contributed by atoms with van der Waals surface area (Å²) in [5.41, 5.74) is 2.25. The van der Waals surface area contributed by atoms with E-state index in [1.807, 2.05) is 19.1 Å². The minimum Gasteiger partial charge on any atom is -0.298 e. The maximum absolute atomic E-state index is 12.2. The van der Waals surface area contributed by atoms with Crippen LogP contribution in [0.25, 0.3) is 10.2 Å². The molecule has 1 heterocycles. The van der Waals surface area contributed by atoms with Gasteiger partial charge in [0.15, 0.2) is 5.13 Å². The number of carbonyl (C=O) groups is 1. The van der Waals surface area contributed by atoms with E-state index >= 15 is 0 Å². The number of nitrogens with one attached hydrogen (secondary N) is 2. The molecule has 124 valence electrons. The van der Waals surface area contributed by atoms with Gasteiger partial charge >= 0.3 is 0 Å². The van der Waals surface area contributed by atoms with Gasteiger partial charge < -0.3 is 0 Å². The third-order valence-corrected chi connectivity index (χ3v) is 5.82. The summed E-state index contributed by atoms with van der Waals surface area (Å²) < 4.78 is 26.6. The van der Waals surface area contributed by atoms with Crippen molar-refractivity contribution in [2.45, 2.75) is 11.8 Å². The number of nitrogens with zero attached hydrogens (tertiary/aromatic N) is 1. The number of aromatic nitrogens is 1. The Morgan fingerprint density at radius 1 is 1.12 bits per heavy atom. The maximum Gasteiger partial charge on any atom is 0.257 e. The fourth-order valence-electron chi connectivity index (χ4n) is 2.12. The number of carbonyl (C=O) groups excluding carboxylic acids is 1. The van der Waals surface area contributed by atoms with Gasteiger partial charge in [-0.25, -0.2) is 18.1 Å². The van der Waals surface area contributed by atoms with Crippen LogP contribution in [0.15, 0.2) is 47.4 Å². The van der Waals surface area contributed by atoms with Crippen LogP contribution in [0.1, 0.15) is 15.9 Å². The molecule has 1 amide bonds. The molecule has 0 saturated heterocycles. The molecule has 0 unspecified atom stereocenters. The summed E-state index contributed by atoms with van der Waals surface area (Å²) in [6.45, 7) is 1.95. The molecule has 6 nitrogen and oxygen atoms in total. The number of hydrogen-bond donors (Lipinski definition) is 2. The van der Waals surface area contributed by atoms with E-state index in [4.69, 9.17) is 0 Å². The molecule has 0 atom stereocenters. The minimum absolute atomic E-state index is 0.164. The first-order valence-electron chi connectivity index (χ1n) is 7.11. The van der Waals surface area contributed by atoms with Crippen molar-refractivity contribution in [2.75, 3.05) is 12.4 Å². The molecule has 0 spiro atoms. The molecular weight excluding hydrogens is 346 g/mol. The number of benzene rings is 2. The normalized spacial score (nSPS) is 11.6. The van der Waals surface area contributed by atoms with Crippen molar-refractivity contribution in [1.82, 2.24) is 9.71 Å². The zero-order chi connectivity index (χ0) is 17.3. The van der Waals surface area contributed by atoms with E-state index < -0.39 is 10.0 Å². The van der Waals surface area contributed by atoms with E-state index in [1.54, 1.807) is 24.3 Å². The monoisotopic (exact) mass is 361 g/mol. The summed E-state index contributed by atoms with van der Waals surface area (Å²) in [4.78, 5) is 16.7. The van der Waals surface area contributed by atoms with Crippen molar-refractivity contribution >= 4 is 42.6 Å². The largest absolute Gasteiger partial charge is 0.298 e. The van der Waals surface area contributed by atoms with Gasteiger partial charge in [0.1, 0.15) is 0 Å². The van der Waals surface area contributed by atoms with E-state index in [0.29, 0.717) is 20.9 Å². The van der Waals surface area contributed by atoms with Gasteiger partial charge in [-0.05, 0) is 44.3 Å². The molecule has 0 radical (unpaired) electrons. The topological polar surface area (TPSA) is 88.2 Å². The molecule has 0 fully saturated rings. The highest BCUT2D eigenvalue weighted by molar-refractivity contribution is 7.89. The van der Waals surface area contributed by atoms with E-state index in [9.17, 15) is 13.2 Å². The van der Waals surface area contributed by atoms with Gasteiger partial charge in [-0.3, -0.25) is 10.1 Å². The molecule has 3 aromatic rings. The lowest BCUT2D eigenvalue weighted by Gasteiger charge is -2.01. The lowest BCUT2D eigenvalue weighted by atomic mass is 10.1. The Balaban J connectivity index is 1.88. The van der Waals surface area contributed by atoms with Crippen LogP contribution in [0, 0.1) is 6.92 Å². The molecule has 0 saturated carbocycles. The Hall–Kier alpha value is -2.29. The molecule has 2 N–H and O–H groups in total. The second-order valence-electron chi connectivity index (χ2n) is 5.18. The fraction of sp³-hybridized carbons (Fsp3) is 0.125. The molecule has 0 aliphatic rings. The van der Waals surface area contributed by atoms with Crippen LogP contribution >= 0.6 is 11.3 Å². The third-order valence-electron chi connectivity index (χ3n) is 3.47. The van der Waals surface area contributed by atoms with Crippen LogP contribution in [-0.2, 0) is 10.0 Å². The predicted molar refractivity (Wildman–Crippen MR) is 95.0 cm³/mol. The summed E-state index contributed by atoms with van der Waals surface area (Å²) in [5, 5.41) is 3.17. The first kappa shape index (κ1) is 16.6. The smallest absolute Gasteiger partial charge is 0.257 e. The first-order chi connectivity index (χ1) is 11.4. The van der Waals surface area contributed by atoms with Gasteiger partial charge in [-0.2, -0.15) is 0 Å². The van der Waals surface area contributed by atoms with Gasteiger partial charge in [0.25, 0.3) is 5.91 Å². The molecule has 1 aromatic heterocycles. The number of aryl methyl sites for hydroxylation is 1. The number of amides is 1. The molecule has 0 aliphatic heterocycles. The molecular formula is C16H15N3O3S2. The summed E-state index contributed by atoms with van der Waals surface area (Å²) in [5.74, 6) is -0.253. The number of rotatable bonds is 4. The van der Waals surface area contributed by atoms with E-state index in [1.165, 1.54) is 24.5 Å². The number of thiazole rings is 1. The Morgan fingerprint density at radius 3 is 2.50 bits per heavy atom. The SMILES string of the molecule is CNS(=O)(=O)c1ccc2nc(NC(=O)c3ccc(C)cc3)sc2c1. The second-order valence-corrected chi connectivity index (χ2v) is 8.09. The van der Waals surface area contributed by atoms with Crippen molar-refractivity contribution in [3.8, 4) is 0 Å². The van der Waals surface area contributed by atoms with Gasteiger partial charge in [0, 0.05) is 5.56 Å². The number of sulfonamides is 1. The van der Waals surface area contributed by atoms with Gasteiger partial charge in [0.2, 0.25) is 10.0 Å². The summed E-state index contributed by atoms with van der Waals surface area (Å²) in [7, 11) is -2.15. The summed E-state index contributed by atoms with van der Waals surface area (Å²) in [6, 6.07) is 11.9. The average Bonchev–Trinajstić information content (AvgIpc) is 2.96. The van der Waals surface area contributed by atoms with Crippen LogP contribution < -0.4 is 10.0 Å². The number of fused-ring (bicyclic) bond motifs is 1. The van der Waals surface area contributed by atoms with Crippen LogP contribution in [0.3, 0.4) is 0 Å². The highest BCUT2D eigenvalue weighted by Crippen LogP contribution is 2.28. The Kier molecular flexibility index (Phi) is 4.35. The highest BCUT2D eigenvalue weighted by atomic mass is 32.2. The van der Waals surface area contributed by atoms with Crippen molar-refractivity contribution in [3.05, 3.63) is 53.6 Å². The van der Waals surface area contributed by atoms with E-state index in [-0.39, 0.29) is 10.8 Å². The molecule has 0 aliphatic carbocycles. The molecule has 3 rings (SSSR count). The lowest BCUT2D eigenvalue weighted by molar-refractivity contribution is 0.102. The van der Waals surface area contributed by atoms with Crippen LogP contribution in [0.2, 0.25) is 0 Å². The summed E-state index contributed by atoms with van der Waals surface area (Å²) >= 11 is 1.23. The zero-order valence-corrected chi connectivity index (χ0v) is 14.7. The predicted octanol–water partition coefficient (Wildman–Crippen LogP) is 2.77. The lowest BCUT2D eigenvalue weighted by Crippen LogP contribution is -2.18. The number of hydrogen-bond acceptors (Lipinski definition) is 5. The summed E-state index contributed by atoms with van der Waals surface area (Å²) in [6.07, 6.45) is 0. The zero-order valence-electron chi connectivity index (χ0n) is 13.0. The van der Waals surface area contributed by atoms with Crippen LogP contribution in [0.5, 0.6) is 0 Å². The Bertz CT molecular complexity index is 1010. The first-order valence-corrected chi connectivity index (χ1v) is 9.41. The van der Waals surface area contributed by atoms with Crippen LogP contribution in [-0.4, -0.2) is 26.4 Å². The molecule has 24 heavy (non-hydrogen) atoms. The van der Waals surface area contributed by atoms with Crippen molar-refractivity contribution in [2.24, 2.45) is 0 Å². The van der Waals surface area contributed by atoms with Gasteiger partial charge in [-0.15, -0.1) is 0 Å². The average molecular weight is 361 g/mol. The van der Waals surface area contributed by atoms with Gasteiger partial charge in [-0.1, -0.05) is 29.0 Å².